The van der Waals surface area contributed by atoms with Crippen LogP contribution in [0.5, 0.6) is 0 Å². The molecule has 15 atom stereocenters. The van der Waals surface area contributed by atoms with E-state index in [9.17, 15) is 30.3 Å². The van der Waals surface area contributed by atoms with Crippen molar-refractivity contribution in [2.75, 3.05) is 6.61 Å². The fourth-order valence-corrected chi connectivity index (χ4v) is 12.3. The molecule has 0 aromatic rings. The number of rotatable bonds is 8. The fraction of sp³-hybridized carbons (Fsp3) is 0.921. The van der Waals surface area contributed by atoms with Crippen LogP contribution in [0.15, 0.2) is 11.6 Å². The zero-order valence-corrected chi connectivity index (χ0v) is 30.4. The Morgan fingerprint density at radius 2 is 1.62 bits per heavy atom. The van der Waals surface area contributed by atoms with E-state index in [4.69, 9.17) is 14.2 Å². The normalized spacial score (nSPS) is 48.8. The number of ether oxygens (including phenoxy) is 3. The topological polar surface area (TPSA) is 146 Å². The first kappa shape index (κ1) is 37.2. The smallest absolute Gasteiger partial charge is 0.303 e. The first-order valence-corrected chi connectivity index (χ1v) is 18.2. The van der Waals surface area contributed by atoms with Crippen molar-refractivity contribution in [2.24, 2.45) is 45.3 Å². The standard InChI is InChI=1S/C38H64O9/c1-21(2)11-10-15-38(9,44)23-12-17-36(7)24(23)19-25(41)32-35(6)16-14-28(34(4,5)27(35)13-18-37(32,36)8)47-33-31(45-22(3)40)30(43)29(42)26(20-39)46-33/h11,23-33,39,41-44H,10,12-20H2,1-9H3/t23-,24?,25?,26+,27?,28-,29+,30-,31+,32?,33-,35-,36+,37+,38?/m0/s1. The Morgan fingerprint density at radius 1 is 0.957 bits per heavy atom. The van der Waals surface area contributed by atoms with Gasteiger partial charge in [-0.15, -0.1) is 0 Å². The predicted octanol–water partition coefficient (Wildman–Crippen LogP) is 4.90. The lowest BCUT2D eigenvalue weighted by Crippen LogP contribution is -2.68. The monoisotopic (exact) mass is 664 g/mol. The molecular formula is C38H64O9. The third-order valence-electron chi connectivity index (χ3n) is 14.7. The number of carbonyl (C=O) groups excluding carboxylic acids is 1. The van der Waals surface area contributed by atoms with Crippen molar-refractivity contribution in [3.8, 4) is 0 Å². The van der Waals surface area contributed by atoms with Crippen molar-refractivity contribution in [3.05, 3.63) is 11.6 Å². The molecular weight excluding hydrogens is 600 g/mol. The number of carbonyl (C=O) groups is 1. The minimum atomic E-state index is -1.46. The lowest BCUT2D eigenvalue weighted by Gasteiger charge is -2.71. The van der Waals surface area contributed by atoms with Gasteiger partial charge in [0.1, 0.15) is 18.3 Å². The van der Waals surface area contributed by atoms with Gasteiger partial charge in [-0.25, -0.2) is 0 Å². The molecule has 0 spiro atoms. The van der Waals surface area contributed by atoms with Crippen LogP contribution in [-0.4, -0.2) is 86.6 Å². The van der Waals surface area contributed by atoms with Crippen LogP contribution in [0.3, 0.4) is 0 Å². The number of aliphatic hydroxyl groups is 5. The zero-order chi connectivity index (χ0) is 34.9. The van der Waals surface area contributed by atoms with Crippen molar-refractivity contribution in [2.45, 2.75) is 169 Å². The lowest BCUT2D eigenvalue weighted by molar-refractivity contribution is -0.334. The lowest BCUT2D eigenvalue weighted by atomic mass is 9.35. The van der Waals surface area contributed by atoms with Gasteiger partial charge in [0.15, 0.2) is 12.4 Å². The third kappa shape index (κ3) is 6.06. The Morgan fingerprint density at radius 3 is 2.23 bits per heavy atom. The summed E-state index contributed by atoms with van der Waals surface area (Å²) in [6.45, 7) is 18.7. The van der Waals surface area contributed by atoms with Gasteiger partial charge in [0.2, 0.25) is 0 Å². The van der Waals surface area contributed by atoms with E-state index in [1.165, 1.54) is 12.5 Å². The fourth-order valence-electron chi connectivity index (χ4n) is 12.3. The van der Waals surface area contributed by atoms with Gasteiger partial charge in [-0.2, -0.15) is 0 Å². The molecule has 9 nitrogen and oxygen atoms in total. The summed E-state index contributed by atoms with van der Waals surface area (Å²) in [6, 6.07) is 0. The van der Waals surface area contributed by atoms with Gasteiger partial charge >= 0.3 is 5.97 Å². The van der Waals surface area contributed by atoms with Crippen LogP contribution < -0.4 is 0 Å². The Balaban J connectivity index is 1.39. The molecule has 270 valence electrons. The molecule has 0 bridgehead atoms. The van der Waals surface area contributed by atoms with Crippen LogP contribution >= 0.6 is 0 Å². The first-order chi connectivity index (χ1) is 21.7. The van der Waals surface area contributed by atoms with Gasteiger partial charge in [0.25, 0.3) is 0 Å². The molecule has 1 aliphatic heterocycles. The molecule has 5 fully saturated rings. The predicted molar refractivity (Wildman–Crippen MR) is 178 cm³/mol. The average molecular weight is 665 g/mol. The maximum atomic E-state index is 12.2. The summed E-state index contributed by atoms with van der Waals surface area (Å²) in [5.74, 6) is 0.126. The molecule has 5 rings (SSSR count). The summed E-state index contributed by atoms with van der Waals surface area (Å²) >= 11 is 0. The highest BCUT2D eigenvalue weighted by atomic mass is 16.7. The highest BCUT2D eigenvalue weighted by Gasteiger charge is 2.71. The first-order valence-electron chi connectivity index (χ1n) is 18.2. The molecule has 47 heavy (non-hydrogen) atoms. The number of fused-ring (bicyclic) bond motifs is 5. The van der Waals surface area contributed by atoms with E-state index >= 15 is 0 Å². The van der Waals surface area contributed by atoms with Crippen LogP contribution in [0.4, 0.5) is 0 Å². The van der Waals surface area contributed by atoms with Crippen molar-refractivity contribution >= 4 is 5.97 Å². The molecule has 0 radical (unpaired) electrons. The van der Waals surface area contributed by atoms with Crippen molar-refractivity contribution in [1.82, 2.24) is 0 Å². The van der Waals surface area contributed by atoms with Crippen LogP contribution in [0, 0.1) is 45.3 Å². The molecule has 0 amide bonds. The number of aliphatic hydroxyl groups excluding tert-OH is 4. The van der Waals surface area contributed by atoms with Gasteiger partial charge in [-0.3, -0.25) is 4.79 Å². The van der Waals surface area contributed by atoms with E-state index in [2.05, 4.69) is 54.5 Å². The minimum Gasteiger partial charge on any atom is -0.454 e. The van der Waals surface area contributed by atoms with Crippen molar-refractivity contribution in [1.29, 1.82) is 0 Å². The van der Waals surface area contributed by atoms with E-state index < -0.39 is 55.0 Å². The Labute approximate surface area is 282 Å². The number of hydrogen-bond donors (Lipinski definition) is 5. The Hall–Kier alpha value is -1.07. The highest BCUT2D eigenvalue weighted by molar-refractivity contribution is 5.66. The maximum Gasteiger partial charge on any atom is 0.303 e. The maximum absolute atomic E-state index is 12.2. The molecule has 5 N–H and O–H groups in total. The summed E-state index contributed by atoms with van der Waals surface area (Å²) in [5, 5.41) is 55.2. The Kier molecular flexibility index (Phi) is 10.2. The average Bonchev–Trinajstić information content (AvgIpc) is 3.31. The van der Waals surface area contributed by atoms with Gasteiger partial charge in [-0.05, 0) is 124 Å². The van der Waals surface area contributed by atoms with Crippen LogP contribution in [0.1, 0.15) is 120 Å². The highest BCUT2D eigenvalue weighted by Crippen LogP contribution is 2.76. The molecule has 0 aromatic carbocycles. The van der Waals surface area contributed by atoms with Crippen LogP contribution in [0.25, 0.3) is 0 Å². The molecule has 4 saturated carbocycles. The van der Waals surface area contributed by atoms with Crippen molar-refractivity contribution in [3.63, 3.8) is 0 Å². The number of hydrogen-bond acceptors (Lipinski definition) is 9. The number of allylic oxidation sites excluding steroid dienone is 2. The molecule has 5 aliphatic rings. The van der Waals surface area contributed by atoms with Gasteiger partial charge < -0.3 is 39.7 Å². The molecule has 9 heteroatoms. The minimum absolute atomic E-state index is 0.0109. The second-order valence-electron chi connectivity index (χ2n) is 17.9. The summed E-state index contributed by atoms with van der Waals surface area (Å²) in [4.78, 5) is 11.9. The molecule has 4 aliphatic carbocycles. The molecule has 1 saturated heterocycles. The van der Waals surface area contributed by atoms with Gasteiger partial charge in [0, 0.05) is 6.92 Å². The summed E-state index contributed by atoms with van der Waals surface area (Å²) in [6.07, 6.45) is 2.99. The van der Waals surface area contributed by atoms with E-state index in [0.717, 1.165) is 44.9 Å². The van der Waals surface area contributed by atoms with Crippen LogP contribution in [-0.2, 0) is 19.0 Å². The quantitative estimate of drug-likeness (QED) is 0.139. The summed E-state index contributed by atoms with van der Waals surface area (Å²) in [7, 11) is 0. The van der Waals surface area contributed by atoms with E-state index in [-0.39, 0.29) is 51.4 Å². The molecule has 0 aromatic heterocycles. The van der Waals surface area contributed by atoms with E-state index in [1.807, 2.05) is 6.92 Å². The van der Waals surface area contributed by atoms with Gasteiger partial charge in [-0.1, -0.05) is 46.3 Å². The Bertz CT molecular complexity index is 1180. The van der Waals surface area contributed by atoms with E-state index in [0.29, 0.717) is 12.8 Å². The number of esters is 1. The summed E-state index contributed by atoms with van der Waals surface area (Å²) < 4.78 is 17.9. The van der Waals surface area contributed by atoms with Crippen molar-refractivity contribution < 1.29 is 44.5 Å². The van der Waals surface area contributed by atoms with E-state index in [1.54, 1.807) is 0 Å². The largest absolute Gasteiger partial charge is 0.454 e. The third-order valence-corrected chi connectivity index (χ3v) is 14.7. The molecule has 1 heterocycles. The summed E-state index contributed by atoms with van der Waals surface area (Å²) in [5.41, 5.74) is -0.0827. The van der Waals surface area contributed by atoms with Crippen LogP contribution in [0.2, 0.25) is 0 Å². The SMILES string of the molecule is CC(=O)O[C@H]1[C@H](O[C@H]2CC[C@@]3(C)C(CC[C@]4(C)C3C(O)CC3[C@@H](C(C)(O)CCC=C(C)C)CC[C@]34C)C2(C)C)O[C@H](CO)[C@@H](O)[C@@H]1O. The second kappa shape index (κ2) is 12.9. The second-order valence-corrected chi connectivity index (χ2v) is 17.9. The zero-order valence-electron chi connectivity index (χ0n) is 30.4. The van der Waals surface area contributed by atoms with Gasteiger partial charge in [0.05, 0.1) is 24.4 Å². The molecule has 5 unspecified atom stereocenters.